The number of allylic oxidation sites excluding steroid dienone is 2. The molecule has 0 saturated heterocycles. The molecule has 4 heteroatoms. The number of aliphatic hydroxyl groups is 1. The first-order chi connectivity index (χ1) is 15.9. The summed E-state index contributed by atoms with van der Waals surface area (Å²) in [7, 11) is 0. The van der Waals surface area contributed by atoms with Crippen molar-refractivity contribution < 1.29 is 14.6 Å². The molecule has 0 unspecified atom stereocenters. The normalized spacial score (nSPS) is 41.9. The Morgan fingerprint density at radius 1 is 1.03 bits per heavy atom. The van der Waals surface area contributed by atoms with Gasteiger partial charge >= 0.3 is 5.97 Å². The van der Waals surface area contributed by atoms with Gasteiger partial charge in [0.15, 0.2) is 0 Å². The molecule has 194 valence electrons. The van der Waals surface area contributed by atoms with Crippen LogP contribution in [-0.2, 0) is 9.53 Å². The van der Waals surface area contributed by atoms with Crippen LogP contribution in [0.4, 0.5) is 0 Å². The van der Waals surface area contributed by atoms with E-state index in [-0.39, 0.29) is 29.5 Å². The average molecular weight is 474 g/mol. The predicted molar refractivity (Wildman–Crippen MR) is 138 cm³/mol. The van der Waals surface area contributed by atoms with E-state index in [0.29, 0.717) is 29.2 Å². The molecular formula is C30H51NO3. The molecule has 0 aromatic heterocycles. The van der Waals surface area contributed by atoms with Crippen molar-refractivity contribution in [2.24, 2.45) is 39.4 Å². The largest absolute Gasteiger partial charge is 0.462 e. The average Bonchev–Trinajstić information content (AvgIpc) is 3.04. The second-order valence-electron chi connectivity index (χ2n) is 13.6. The molecule has 4 nitrogen and oxygen atoms in total. The van der Waals surface area contributed by atoms with Crippen molar-refractivity contribution in [1.29, 1.82) is 0 Å². The summed E-state index contributed by atoms with van der Waals surface area (Å²) in [6.45, 7) is 18.5. The second kappa shape index (κ2) is 9.21. The van der Waals surface area contributed by atoms with Crippen LogP contribution in [0.2, 0.25) is 0 Å². The summed E-state index contributed by atoms with van der Waals surface area (Å²) >= 11 is 0. The Hall–Kier alpha value is -0.870. The first-order valence-electron chi connectivity index (χ1n) is 14.1. The minimum Gasteiger partial charge on any atom is -0.462 e. The molecule has 0 aromatic rings. The molecule has 7 atom stereocenters. The Labute approximate surface area is 208 Å². The molecule has 4 rings (SSSR count). The summed E-state index contributed by atoms with van der Waals surface area (Å²) in [6.07, 6.45) is 11.1. The molecule has 0 aromatic carbocycles. The van der Waals surface area contributed by atoms with Gasteiger partial charge in [0.05, 0.1) is 6.61 Å². The number of rotatable bonds is 7. The predicted octanol–water partition coefficient (Wildman–Crippen LogP) is 6.28. The van der Waals surface area contributed by atoms with E-state index in [1.54, 1.807) is 12.5 Å². The zero-order chi connectivity index (χ0) is 24.9. The van der Waals surface area contributed by atoms with E-state index in [2.05, 4.69) is 46.9 Å². The minimum absolute atomic E-state index is 0.0210. The number of hydrogen-bond donors (Lipinski definition) is 2. The van der Waals surface area contributed by atoms with E-state index in [9.17, 15) is 4.79 Å². The summed E-state index contributed by atoms with van der Waals surface area (Å²) in [5.41, 5.74) is 4.60. The van der Waals surface area contributed by atoms with E-state index in [0.717, 1.165) is 25.3 Å². The molecular weight excluding hydrogens is 422 g/mol. The lowest BCUT2D eigenvalue weighted by Crippen LogP contribution is -2.55. The molecule has 2 fully saturated rings. The summed E-state index contributed by atoms with van der Waals surface area (Å²) in [5.74, 6) is 1.95. The molecule has 0 aliphatic heterocycles. The van der Waals surface area contributed by atoms with Crippen molar-refractivity contribution >= 4 is 5.97 Å². The highest BCUT2D eigenvalue weighted by Gasteiger charge is 2.63. The summed E-state index contributed by atoms with van der Waals surface area (Å²) in [5, 5.41) is 12.5. The quantitative estimate of drug-likeness (QED) is 0.260. The molecule has 2 saturated carbocycles. The lowest BCUT2D eigenvalue weighted by Gasteiger charge is -2.62. The van der Waals surface area contributed by atoms with Crippen molar-refractivity contribution in [2.45, 2.75) is 112 Å². The Balaban J connectivity index is 1.60. The zero-order valence-electron chi connectivity index (χ0n) is 23.1. The molecule has 0 bridgehead atoms. The van der Waals surface area contributed by atoms with E-state index < -0.39 is 0 Å². The van der Waals surface area contributed by atoms with E-state index in [1.165, 1.54) is 44.9 Å². The van der Waals surface area contributed by atoms with Crippen LogP contribution in [0.15, 0.2) is 11.1 Å². The van der Waals surface area contributed by atoms with Crippen molar-refractivity contribution in [3.8, 4) is 0 Å². The minimum atomic E-state index is -0.129. The van der Waals surface area contributed by atoms with Crippen molar-refractivity contribution in [3.63, 3.8) is 0 Å². The highest BCUT2D eigenvalue weighted by atomic mass is 16.5. The fourth-order valence-electron chi connectivity index (χ4n) is 9.76. The van der Waals surface area contributed by atoms with Crippen LogP contribution < -0.4 is 5.32 Å². The van der Waals surface area contributed by atoms with Gasteiger partial charge in [-0.25, -0.2) is 0 Å². The van der Waals surface area contributed by atoms with Crippen LogP contribution in [-0.4, -0.2) is 36.9 Å². The van der Waals surface area contributed by atoms with E-state index in [4.69, 9.17) is 9.84 Å². The zero-order valence-corrected chi connectivity index (χ0v) is 23.1. The molecule has 4 aliphatic rings. The van der Waals surface area contributed by atoms with E-state index in [1.807, 2.05) is 5.57 Å². The SMILES string of the molecule is CC(=O)O[C@H]1CC[C@]2(C)C3=C(CC[C@H]2C1(C)C)[C@]1(C)CC[C@H]([C@H](C)CCNCCO)[C@@]1(C)CC3. The second-order valence-corrected chi connectivity index (χ2v) is 13.6. The standard InChI is InChI=1S/C30H51NO3/c1-20(13-17-31-18-19-32)22-10-15-30(7)24-8-9-25-27(3,4)26(34-21(2)33)12-14-28(25,5)23(24)11-16-29(22,30)6/h20,22,25-26,31-32H,8-19H2,1-7H3/t20-,22-,25+,26+,28-,29-,30+/m1/s1. The van der Waals surface area contributed by atoms with Crippen LogP contribution in [0.3, 0.4) is 0 Å². The van der Waals surface area contributed by atoms with Gasteiger partial charge in [-0.15, -0.1) is 0 Å². The Morgan fingerprint density at radius 3 is 2.44 bits per heavy atom. The molecule has 4 aliphatic carbocycles. The van der Waals surface area contributed by atoms with Gasteiger partial charge in [0.25, 0.3) is 0 Å². The van der Waals surface area contributed by atoms with Gasteiger partial charge in [-0.3, -0.25) is 4.79 Å². The number of carbonyl (C=O) groups excluding carboxylic acids is 1. The number of hydrogen-bond acceptors (Lipinski definition) is 4. The third-order valence-electron chi connectivity index (χ3n) is 11.8. The maximum Gasteiger partial charge on any atom is 0.302 e. The summed E-state index contributed by atoms with van der Waals surface area (Å²) < 4.78 is 5.86. The molecule has 2 N–H and O–H groups in total. The van der Waals surface area contributed by atoms with Crippen LogP contribution >= 0.6 is 0 Å². The third-order valence-corrected chi connectivity index (χ3v) is 11.8. The Bertz CT molecular complexity index is 818. The number of fused-ring (bicyclic) bond motifs is 4. The molecule has 0 heterocycles. The number of aliphatic hydroxyl groups excluding tert-OH is 1. The van der Waals surface area contributed by atoms with Crippen molar-refractivity contribution in [2.75, 3.05) is 19.7 Å². The first kappa shape index (κ1) is 26.2. The Kier molecular flexibility index (Phi) is 7.10. The summed E-state index contributed by atoms with van der Waals surface area (Å²) in [4.78, 5) is 11.8. The fourth-order valence-corrected chi connectivity index (χ4v) is 9.76. The van der Waals surface area contributed by atoms with Gasteiger partial charge in [-0.1, -0.05) is 52.7 Å². The first-order valence-corrected chi connectivity index (χ1v) is 14.1. The number of nitrogens with one attached hydrogen (secondary N) is 1. The molecule has 0 spiro atoms. The topological polar surface area (TPSA) is 58.6 Å². The highest BCUT2D eigenvalue weighted by molar-refractivity contribution is 5.66. The fraction of sp³-hybridized carbons (Fsp3) is 0.900. The smallest absolute Gasteiger partial charge is 0.302 e. The lowest BCUT2D eigenvalue weighted by atomic mass is 9.43. The van der Waals surface area contributed by atoms with Crippen LogP contribution in [0.5, 0.6) is 0 Å². The number of carbonyl (C=O) groups is 1. The van der Waals surface area contributed by atoms with Crippen molar-refractivity contribution in [1.82, 2.24) is 5.32 Å². The van der Waals surface area contributed by atoms with Crippen LogP contribution in [0.1, 0.15) is 106 Å². The van der Waals surface area contributed by atoms with Gasteiger partial charge < -0.3 is 15.2 Å². The number of ether oxygens (including phenoxy) is 1. The monoisotopic (exact) mass is 473 g/mol. The van der Waals surface area contributed by atoms with Gasteiger partial charge in [0.1, 0.15) is 6.10 Å². The van der Waals surface area contributed by atoms with Gasteiger partial charge in [-0.05, 0) is 98.3 Å². The van der Waals surface area contributed by atoms with E-state index >= 15 is 0 Å². The van der Waals surface area contributed by atoms with Crippen molar-refractivity contribution in [3.05, 3.63) is 11.1 Å². The van der Waals surface area contributed by atoms with Gasteiger partial charge in [-0.2, -0.15) is 0 Å². The lowest BCUT2D eigenvalue weighted by molar-refractivity contribution is -0.167. The third kappa shape index (κ3) is 3.90. The Morgan fingerprint density at radius 2 is 1.76 bits per heavy atom. The maximum atomic E-state index is 11.8. The van der Waals surface area contributed by atoms with Crippen LogP contribution in [0, 0.1) is 39.4 Å². The number of esters is 1. The molecule has 0 amide bonds. The van der Waals surface area contributed by atoms with Gasteiger partial charge in [0, 0.05) is 18.9 Å². The highest BCUT2D eigenvalue weighted by Crippen LogP contribution is 2.72. The summed E-state index contributed by atoms with van der Waals surface area (Å²) in [6, 6.07) is 0. The molecule has 34 heavy (non-hydrogen) atoms. The molecule has 0 radical (unpaired) electrons. The maximum absolute atomic E-state index is 11.8. The van der Waals surface area contributed by atoms with Gasteiger partial charge in [0.2, 0.25) is 0 Å². The van der Waals surface area contributed by atoms with Crippen LogP contribution in [0.25, 0.3) is 0 Å².